The molecule has 1 aliphatic heterocycles. The Kier molecular flexibility index (Phi) is 7.75. The molecule has 2 N–H and O–H groups in total. The van der Waals surface area contributed by atoms with Gasteiger partial charge in [-0.15, -0.1) is 0 Å². The quantitative estimate of drug-likeness (QED) is 0.591. The largest absolute Gasteiger partial charge is 0.383 e. The molecule has 0 radical (unpaired) electrons. The number of hydrogen-bond donors (Lipinski definition) is 2. The van der Waals surface area contributed by atoms with Crippen LogP contribution in [0.2, 0.25) is 0 Å². The van der Waals surface area contributed by atoms with Crippen molar-refractivity contribution >= 4 is 27.5 Å². The second-order valence-electron chi connectivity index (χ2n) is 6.79. The first-order valence-corrected chi connectivity index (χ1v) is 11.2. The molecule has 2 amide bonds. The molecule has 0 bridgehead atoms. The van der Waals surface area contributed by atoms with E-state index < -0.39 is 15.9 Å². The second-order valence-corrected chi connectivity index (χ2v) is 8.73. The topological polar surface area (TPSA) is 114 Å². The molecule has 1 fully saturated rings. The fourth-order valence-corrected chi connectivity index (χ4v) is 4.47. The van der Waals surface area contributed by atoms with Gasteiger partial charge in [0, 0.05) is 32.3 Å². The molecule has 2 aromatic rings. The highest BCUT2D eigenvalue weighted by molar-refractivity contribution is 7.89. The third-order valence-corrected chi connectivity index (χ3v) is 6.65. The van der Waals surface area contributed by atoms with Gasteiger partial charge < -0.3 is 20.1 Å². The van der Waals surface area contributed by atoms with E-state index in [0.717, 1.165) is 0 Å². The van der Waals surface area contributed by atoms with Crippen LogP contribution >= 0.6 is 0 Å². The van der Waals surface area contributed by atoms with E-state index in [1.807, 2.05) is 0 Å². The van der Waals surface area contributed by atoms with Crippen LogP contribution in [-0.2, 0) is 19.5 Å². The molecular formula is C21H25N3O6S. The molecule has 0 aromatic heterocycles. The Morgan fingerprint density at radius 3 is 2.39 bits per heavy atom. The number of amides is 2. The second kappa shape index (κ2) is 10.5. The van der Waals surface area contributed by atoms with E-state index in [9.17, 15) is 18.0 Å². The smallest absolute Gasteiger partial charge is 0.255 e. The van der Waals surface area contributed by atoms with Gasteiger partial charge in [-0.1, -0.05) is 12.1 Å². The number of carbonyl (C=O) groups is 2. The summed E-state index contributed by atoms with van der Waals surface area (Å²) in [4.78, 5) is 25.2. The van der Waals surface area contributed by atoms with Gasteiger partial charge in [0.25, 0.3) is 11.8 Å². The Bertz CT molecular complexity index is 1020. The molecule has 0 unspecified atom stereocenters. The van der Waals surface area contributed by atoms with Gasteiger partial charge in [-0.3, -0.25) is 9.59 Å². The fourth-order valence-electron chi connectivity index (χ4n) is 3.06. The lowest BCUT2D eigenvalue weighted by Gasteiger charge is -2.26. The third-order valence-electron chi connectivity index (χ3n) is 4.74. The van der Waals surface area contributed by atoms with Gasteiger partial charge in [-0.2, -0.15) is 4.31 Å². The maximum absolute atomic E-state index is 12.7. The minimum Gasteiger partial charge on any atom is -0.383 e. The third kappa shape index (κ3) is 5.67. The predicted octanol–water partition coefficient (Wildman–Crippen LogP) is 1.34. The Balaban J connectivity index is 1.71. The van der Waals surface area contributed by atoms with Gasteiger partial charge >= 0.3 is 0 Å². The summed E-state index contributed by atoms with van der Waals surface area (Å²) in [5, 5.41) is 5.43. The monoisotopic (exact) mass is 447 g/mol. The minimum atomic E-state index is -3.63. The summed E-state index contributed by atoms with van der Waals surface area (Å²) >= 11 is 0. The minimum absolute atomic E-state index is 0.115. The first-order valence-electron chi connectivity index (χ1n) is 9.79. The highest BCUT2D eigenvalue weighted by Crippen LogP contribution is 2.20. The Morgan fingerprint density at radius 1 is 1.03 bits per heavy atom. The van der Waals surface area contributed by atoms with E-state index in [0.29, 0.717) is 50.7 Å². The molecule has 1 saturated heterocycles. The summed E-state index contributed by atoms with van der Waals surface area (Å²) in [6.45, 7) is 2.04. The molecule has 3 rings (SSSR count). The zero-order valence-electron chi connectivity index (χ0n) is 17.2. The molecule has 0 atom stereocenters. The molecule has 2 aromatic carbocycles. The number of rotatable bonds is 8. The van der Waals surface area contributed by atoms with Crippen LogP contribution in [0, 0.1) is 0 Å². The van der Waals surface area contributed by atoms with E-state index in [1.165, 1.54) is 35.7 Å². The number of nitrogens with zero attached hydrogens (tertiary/aromatic N) is 1. The van der Waals surface area contributed by atoms with Crippen molar-refractivity contribution in [3.05, 3.63) is 59.7 Å². The predicted molar refractivity (Wildman–Crippen MR) is 115 cm³/mol. The number of benzene rings is 2. The summed E-state index contributed by atoms with van der Waals surface area (Å²) in [5.41, 5.74) is 0.946. The summed E-state index contributed by atoms with van der Waals surface area (Å²) in [6.07, 6.45) is 0. The van der Waals surface area contributed by atoms with E-state index in [2.05, 4.69) is 10.6 Å². The zero-order valence-corrected chi connectivity index (χ0v) is 18.0. The van der Waals surface area contributed by atoms with E-state index >= 15 is 0 Å². The van der Waals surface area contributed by atoms with Crippen molar-refractivity contribution < 1.29 is 27.5 Å². The van der Waals surface area contributed by atoms with Gasteiger partial charge in [0.05, 0.1) is 36.0 Å². The number of nitrogens with one attached hydrogen (secondary N) is 2. The van der Waals surface area contributed by atoms with Crippen molar-refractivity contribution in [1.29, 1.82) is 0 Å². The average molecular weight is 448 g/mol. The maximum Gasteiger partial charge on any atom is 0.255 e. The highest BCUT2D eigenvalue weighted by atomic mass is 32.2. The molecular weight excluding hydrogens is 422 g/mol. The van der Waals surface area contributed by atoms with Crippen LogP contribution in [0.1, 0.15) is 20.7 Å². The lowest BCUT2D eigenvalue weighted by Crippen LogP contribution is -2.40. The molecule has 31 heavy (non-hydrogen) atoms. The van der Waals surface area contributed by atoms with Crippen LogP contribution in [0.25, 0.3) is 0 Å². The van der Waals surface area contributed by atoms with Crippen LogP contribution in [0.3, 0.4) is 0 Å². The Labute approximate surface area is 181 Å². The van der Waals surface area contributed by atoms with E-state index in [4.69, 9.17) is 9.47 Å². The van der Waals surface area contributed by atoms with Crippen molar-refractivity contribution in [2.75, 3.05) is 51.9 Å². The number of ether oxygens (including phenoxy) is 2. The fraction of sp³-hybridized carbons (Fsp3) is 0.333. The van der Waals surface area contributed by atoms with Gasteiger partial charge in [-0.05, 0) is 36.4 Å². The highest BCUT2D eigenvalue weighted by Gasteiger charge is 2.26. The lowest BCUT2D eigenvalue weighted by molar-refractivity contribution is 0.0730. The van der Waals surface area contributed by atoms with Crippen molar-refractivity contribution in [2.45, 2.75) is 4.90 Å². The van der Waals surface area contributed by atoms with Crippen molar-refractivity contribution in [1.82, 2.24) is 9.62 Å². The van der Waals surface area contributed by atoms with Crippen LogP contribution in [0.5, 0.6) is 0 Å². The molecule has 1 heterocycles. The number of morpholine rings is 1. The molecule has 0 spiro atoms. The average Bonchev–Trinajstić information content (AvgIpc) is 2.80. The lowest BCUT2D eigenvalue weighted by atomic mass is 10.1. The number of hydrogen-bond acceptors (Lipinski definition) is 6. The molecule has 166 valence electrons. The van der Waals surface area contributed by atoms with Crippen LogP contribution < -0.4 is 10.6 Å². The maximum atomic E-state index is 12.7. The zero-order chi connectivity index (χ0) is 22.3. The first kappa shape index (κ1) is 22.9. The van der Waals surface area contributed by atoms with Crippen LogP contribution in [-0.4, -0.2) is 71.1 Å². The number of carbonyl (C=O) groups excluding carboxylic acids is 2. The molecule has 1 aliphatic rings. The van der Waals surface area contributed by atoms with Gasteiger partial charge in [0.2, 0.25) is 10.0 Å². The summed E-state index contributed by atoms with van der Waals surface area (Å²) in [6, 6.07) is 12.3. The number of sulfonamides is 1. The Morgan fingerprint density at radius 2 is 1.71 bits per heavy atom. The van der Waals surface area contributed by atoms with Crippen molar-refractivity contribution in [3.8, 4) is 0 Å². The molecule has 0 saturated carbocycles. The number of para-hydroxylation sites is 1. The molecule has 0 aliphatic carbocycles. The van der Waals surface area contributed by atoms with Crippen LogP contribution in [0.15, 0.2) is 53.4 Å². The SMILES string of the molecule is COCCNC(=O)c1ccccc1NC(=O)c1ccc(S(=O)(=O)N2CCOCC2)cc1. The molecule has 10 heteroatoms. The number of methoxy groups -OCH3 is 1. The van der Waals surface area contributed by atoms with E-state index in [-0.39, 0.29) is 16.4 Å². The van der Waals surface area contributed by atoms with Gasteiger partial charge in [-0.25, -0.2) is 8.42 Å². The summed E-state index contributed by atoms with van der Waals surface area (Å²) in [5.74, 6) is -0.785. The normalized spacial score (nSPS) is 14.7. The summed E-state index contributed by atoms with van der Waals surface area (Å²) in [7, 11) is -2.09. The standard InChI is InChI=1S/C21H25N3O6S/c1-29-13-10-22-21(26)18-4-2-3-5-19(18)23-20(25)16-6-8-17(9-7-16)31(27,28)24-11-14-30-15-12-24/h2-9H,10-15H2,1H3,(H,22,26)(H,23,25). The van der Waals surface area contributed by atoms with Gasteiger partial charge in [0.15, 0.2) is 0 Å². The number of anilines is 1. The van der Waals surface area contributed by atoms with E-state index in [1.54, 1.807) is 24.3 Å². The first-order chi connectivity index (χ1) is 14.9. The van der Waals surface area contributed by atoms with Crippen LogP contribution in [0.4, 0.5) is 5.69 Å². The molecule has 9 nitrogen and oxygen atoms in total. The van der Waals surface area contributed by atoms with Crippen molar-refractivity contribution in [2.24, 2.45) is 0 Å². The van der Waals surface area contributed by atoms with Gasteiger partial charge in [0.1, 0.15) is 0 Å². The Hall–Kier alpha value is -2.79. The summed E-state index contributed by atoms with van der Waals surface area (Å²) < 4.78 is 36.9. The van der Waals surface area contributed by atoms with Crippen molar-refractivity contribution in [3.63, 3.8) is 0 Å².